The van der Waals surface area contributed by atoms with Crippen LogP contribution in [-0.4, -0.2) is 44.2 Å². The molecule has 1 aliphatic rings. The molecule has 7 nitrogen and oxygen atoms in total. The van der Waals surface area contributed by atoms with Gasteiger partial charge in [0.05, 0.1) is 18.4 Å². The van der Waals surface area contributed by atoms with E-state index in [0.29, 0.717) is 23.5 Å². The molecule has 2 atom stereocenters. The number of amides is 1. The minimum Gasteiger partial charge on any atom is -0.457 e. The Morgan fingerprint density at radius 3 is 2.18 bits per heavy atom. The zero-order valence-corrected chi connectivity index (χ0v) is 20.8. The molecule has 10 heteroatoms. The van der Waals surface area contributed by atoms with Crippen molar-refractivity contribution in [3.8, 4) is 11.5 Å². The van der Waals surface area contributed by atoms with Gasteiger partial charge in [0.2, 0.25) is 5.91 Å². The van der Waals surface area contributed by atoms with E-state index in [9.17, 15) is 22.8 Å². The third-order valence-electron chi connectivity index (χ3n) is 6.70. The molecule has 5 rings (SSSR count). The number of nitrogens with zero attached hydrogens (tertiary/aromatic N) is 4. The lowest BCUT2D eigenvalue weighted by Crippen LogP contribution is -2.43. The second-order valence-corrected chi connectivity index (χ2v) is 9.51. The summed E-state index contributed by atoms with van der Waals surface area (Å²) < 4.78 is 46.5. The topological polar surface area (TPSA) is 77.3 Å². The van der Waals surface area contributed by atoms with Crippen molar-refractivity contribution in [2.24, 2.45) is 5.92 Å². The molecule has 1 saturated heterocycles. The van der Waals surface area contributed by atoms with Crippen molar-refractivity contribution >= 4 is 11.7 Å². The SMILES string of the molecule is O=C(Cc1ccc(Oc2ccc(F)cc2)cc1)[C@@H]1C[C@@H](Cc2ccc(F)cc2F)CN1C(=O)Cn1nccn1. The van der Waals surface area contributed by atoms with E-state index >= 15 is 0 Å². The third-order valence-corrected chi connectivity index (χ3v) is 6.70. The first kappa shape index (κ1) is 26.1. The molecule has 1 aromatic heterocycles. The second kappa shape index (κ2) is 11.5. The van der Waals surface area contributed by atoms with Crippen LogP contribution in [-0.2, 0) is 29.0 Å². The first-order valence-corrected chi connectivity index (χ1v) is 12.5. The monoisotopic (exact) mass is 534 g/mol. The van der Waals surface area contributed by atoms with E-state index in [2.05, 4.69) is 10.2 Å². The number of aromatic nitrogens is 3. The van der Waals surface area contributed by atoms with Gasteiger partial charge in [-0.1, -0.05) is 18.2 Å². The van der Waals surface area contributed by atoms with Gasteiger partial charge in [0, 0.05) is 19.0 Å². The van der Waals surface area contributed by atoms with Gasteiger partial charge in [-0.05, 0) is 72.4 Å². The number of carbonyl (C=O) groups is 2. The summed E-state index contributed by atoms with van der Waals surface area (Å²) in [6.07, 6.45) is 3.64. The van der Waals surface area contributed by atoms with E-state index < -0.39 is 17.7 Å². The van der Waals surface area contributed by atoms with E-state index in [1.165, 1.54) is 58.5 Å². The molecule has 2 heterocycles. The Hall–Kier alpha value is -4.47. The molecule has 1 aliphatic heterocycles. The number of hydrogen-bond donors (Lipinski definition) is 0. The lowest BCUT2D eigenvalue weighted by atomic mass is 9.94. The van der Waals surface area contributed by atoms with Crippen molar-refractivity contribution in [2.45, 2.75) is 31.8 Å². The van der Waals surface area contributed by atoms with Crippen LogP contribution in [0.15, 0.2) is 79.1 Å². The molecular formula is C29H25F3N4O3. The number of benzene rings is 3. The number of hydrogen-bond acceptors (Lipinski definition) is 5. The fourth-order valence-corrected chi connectivity index (χ4v) is 4.82. The Labute approximate surface area is 222 Å². The van der Waals surface area contributed by atoms with E-state index in [0.717, 1.165) is 11.6 Å². The van der Waals surface area contributed by atoms with Crippen LogP contribution >= 0.6 is 0 Å². The number of halogens is 3. The number of likely N-dealkylation sites (tertiary alicyclic amines) is 1. The molecule has 0 spiro atoms. The van der Waals surface area contributed by atoms with Crippen LogP contribution < -0.4 is 4.74 Å². The maximum absolute atomic E-state index is 14.3. The van der Waals surface area contributed by atoms with Crippen LogP contribution in [0.25, 0.3) is 0 Å². The maximum Gasteiger partial charge on any atom is 0.246 e. The van der Waals surface area contributed by atoms with Gasteiger partial charge >= 0.3 is 0 Å². The molecule has 1 fully saturated rings. The van der Waals surface area contributed by atoms with Gasteiger partial charge < -0.3 is 9.64 Å². The van der Waals surface area contributed by atoms with Crippen molar-refractivity contribution in [3.63, 3.8) is 0 Å². The molecule has 0 N–H and O–H groups in total. The van der Waals surface area contributed by atoms with Crippen LogP contribution in [0.1, 0.15) is 17.5 Å². The Bertz CT molecular complexity index is 1440. The molecule has 0 bridgehead atoms. The summed E-state index contributed by atoms with van der Waals surface area (Å²) in [5.41, 5.74) is 1.08. The molecule has 0 radical (unpaired) electrons. The van der Waals surface area contributed by atoms with Gasteiger partial charge in [-0.25, -0.2) is 13.2 Å². The Kier molecular flexibility index (Phi) is 7.72. The van der Waals surface area contributed by atoms with Crippen molar-refractivity contribution < 1.29 is 27.5 Å². The fraction of sp³-hybridized carbons (Fsp3) is 0.241. The van der Waals surface area contributed by atoms with Crippen molar-refractivity contribution in [1.82, 2.24) is 19.9 Å². The summed E-state index contributed by atoms with van der Waals surface area (Å²) in [4.78, 5) is 29.3. The lowest BCUT2D eigenvalue weighted by Gasteiger charge is -2.23. The normalized spacial score (nSPS) is 16.8. The summed E-state index contributed by atoms with van der Waals surface area (Å²) in [6.45, 7) is 0.140. The van der Waals surface area contributed by atoms with Crippen LogP contribution in [0.2, 0.25) is 0 Å². The van der Waals surface area contributed by atoms with E-state index in [1.54, 1.807) is 24.3 Å². The standard InChI is InChI=1S/C29H25F3N4O3/c30-22-5-9-25(10-6-22)39-24-7-1-19(2-8-24)15-28(37)27-14-20(13-21-3-4-23(31)16-26(21)32)17-35(27)29(38)18-36-33-11-12-34-36/h1-12,16,20,27H,13-15,17-18H2/t20-,27+/m1/s1. The Morgan fingerprint density at radius 2 is 1.51 bits per heavy atom. The maximum atomic E-state index is 14.3. The molecule has 1 amide bonds. The molecule has 39 heavy (non-hydrogen) atoms. The number of ketones is 1. The average Bonchev–Trinajstić information content (AvgIpc) is 3.58. The van der Waals surface area contributed by atoms with Crippen LogP contribution in [0.4, 0.5) is 13.2 Å². The molecule has 200 valence electrons. The van der Waals surface area contributed by atoms with Gasteiger partial charge in [0.1, 0.15) is 35.5 Å². The largest absolute Gasteiger partial charge is 0.457 e. The highest BCUT2D eigenvalue weighted by molar-refractivity contribution is 5.91. The van der Waals surface area contributed by atoms with E-state index in [4.69, 9.17) is 4.74 Å². The van der Waals surface area contributed by atoms with Crippen molar-refractivity contribution in [3.05, 3.63) is 108 Å². The first-order chi connectivity index (χ1) is 18.8. The first-order valence-electron chi connectivity index (χ1n) is 12.5. The summed E-state index contributed by atoms with van der Waals surface area (Å²) >= 11 is 0. The van der Waals surface area contributed by atoms with Gasteiger partial charge in [-0.15, -0.1) is 0 Å². The predicted molar refractivity (Wildman–Crippen MR) is 135 cm³/mol. The number of ether oxygens (including phenoxy) is 1. The van der Waals surface area contributed by atoms with Crippen LogP contribution in [0.5, 0.6) is 11.5 Å². The fourth-order valence-electron chi connectivity index (χ4n) is 4.82. The highest BCUT2D eigenvalue weighted by Gasteiger charge is 2.39. The average molecular weight is 535 g/mol. The number of carbonyl (C=O) groups excluding carboxylic acids is 2. The molecule has 0 aliphatic carbocycles. The lowest BCUT2D eigenvalue weighted by molar-refractivity contribution is -0.138. The summed E-state index contributed by atoms with van der Waals surface area (Å²) in [5, 5.41) is 7.94. The molecule has 0 unspecified atom stereocenters. The van der Waals surface area contributed by atoms with Crippen LogP contribution in [0.3, 0.4) is 0 Å². The van der Waals surface area contributed by atoms with Crippen molar-refractivity contribution in [2.75, 3.05) is 6.54 Å². The summed E-state index contributed by atoms with van der Waals surface area (Å²) in [6, 6.07) is 15.3. The quantitative estimate of drug-likeness (QED) is 0.310. The smallest absolute Gasteiger partial charge is 0.246 e. The third kappa shape index (κ3) is 6.51. The van der Waals surface area contributed by atoms with Crippen molar-refractivity contribution in [1.29, 1.82) is 0 Å². The predicted octanol–water partition coefficient (Wildman–Crippen LogP) is 4.76. The minimum atomic E-state index is -0.697. The molecule has 0 saturated carbocycles. The minimum absolute atomic E-state index is 0.0862. The number of rotatable bonds is 9. The summed E-state index contributed by atoms with van der Waals surface area (Å²) in [5.74, 6) is -1.29. The van der Waals surface area contributed by atoms with Gasteiger partial charge in [0.25, 0.3) is 0 Å². The zero-order valence-electron chi connectivity index (χ0n) is 20.8. The Morgan fingerprint density at radius 1 is 0.872 bits per heavy atom. The highest BCUT2D eigenvalue weighted by atomic mass is 19.1. The number of Topliss-reactive ketones (excluding diaryl/α,β-unsaturated/α-hetero) is 1. The van der Waals surface area contributed by atoms with Gasteiger partial charge in [-0.3, -0.25) is 9.59 Å². The summed E-state index contributed by atoms with van der Waals surface area (Å²) in [7, 11) is 0. The van der Waals surface area contributed by atoms with E-state index in [1.807, 2.05) is 0 Å². The highest BCUT2D eigenvalue weighted by Crippen LogP contribution is 2.30. The van der Waals surface area contributed by atoms with E-state index in [-0.39, 0.29) is 49.4 Å². The Balaban J connectivity index is 1.28. The van der Waals surface area contributed by atoms with Crippen LogP contribution in [0, 0.1) is 23.4 Å². The second-order valence-electron chi connectivity index (χ2n) is 9.51. The van der Waals surface area contributed by atoms with Gasteiger partial charge in [0.15, 0.2) is 5.78 Å². The molecular weight excluding hydrogens is 509 g/mol. The molecule has 4 aromatic rings. The van der Waals surface area contributed by atoms with Gasteiger partial charge in [-0.2, -0.15) is 15.0 Å². The molecule has 3 aromatic carbocycles. The zero-order chi connectivity index (χ0) is 27.4.